The fourth-order valence-corrected chi connectivity index (χ4v) is 3.79. The van der Waals surface area contributed by atoms with Gasteiger partial charge in [0.05, 0.1) is 5.00 Å². The number of hydrogen-bond donors (Lipinski definition) is 2. The number of anilines is 1. The summed E-state index contributed by atoms with van der Waals surface area (Å²) in [5.74, 6) is 1.04. The third-order valence-electron chi connectivity index (χ3n) is 4.34. The highest BCUT2D eigenvalue weighted by molar-refractivity contribution is 14.0. The Morgan fingerprint density at radius 1 is 1.25 bits per heavy atom. The van der Waals surface area contributed by atoms with Crippen molar-refractivity contribution in [3.63, 3.8) is 0 Å². The average molecular weight is 515 g/mol. The van der Waals surface area contributed by atoms with E-state index >= 15 is 0 Å². The van der Waals surface area contributed by atoms with Crippen molar-refractivity contribution in [3.8, 4) is 5.75 Å². The Morgan fingerprint density at radius 2 is 2.04 bits per heavy atom. The first-order chi connectivity index (χ1) is 13.2. The molecule has 7 nitrogen and oxygen atoms in total. The number of ether oxygens (including phenoxy) is 1. The minimum Gasteiger partial charge on any atom is -0.484 e. The Labute approximate surface area is 186 Å². The summed E-state index contributed by atoms with van der Waals surface area (Å²) in [7, 11) is 1.81. The molecule has 0 spiro atoms. The summed E-state index contributed by atoms with van der Waals surface area (Å²) in [6, 6.07) is 11.9. The first kappa shape index (κ1) is 22.3. The SMILES string of the molecule is CN=C(NCc1cccc(OCC(N)=O)c1)N1CCN(c2cccs2)CC1.I. The van der Waals surface area contributed by atoms with Crippen LogP contribution in [0.25, 0.3) is 0 Å². The number of nitrogens with one attached hydrogen (secondary N) is 1. The second kappa shape index (κ2) is 11.1. The Kier molecular flexibility index (Phi) is 8.84. The van der Waals surface area contributed by atoms with Crippen LogP contribution in [-0.4, -0.2) is 56.6 Å². The number of carbonyl (C=O) groups excluding carboxylic acids is 1. The van der Waals surface area contributed by atoms with Gasteiger partial charge in [-0.15, -0.1) is 35.3 Å². The Morgan fingerprint density at radius 3 is 2.68 bits per heavy atom. The lowest BCUT2D eigenvalue weighted by molar-refractivity contribution is -0.119. The highest BCUT2D eigenvalue weighted by Gasteiger charge is 2.20. The molecule has 2 heterocycles. The van der Waals surface area contributed by atoms with Crippen LogP contribution in [0, 0.1) is 0 Å². The lowest BCUT2D eigenvalue weighted by Crippen LogP contribution is -2.52. The van der Waals surface area contributed by atoms with Crippen LogP contribution in [0.5, 0.6) is 5.75 Å². The topological polar surface area (TPSA) is 83.2 Å². The van der Waals surface area contributed by atoms with Gasteiger partial charge in [0.15, 0.2) is 12.6 Å². The third kappa shape index (κ3) is 6.26. The molecule has 1 saturated heterocycles. The molecule has 152 valence electrons. The number of carbonyl (C=O) groups is 1. The molecule has 28 heavy (non-hydrogen) atoms. The van der Waals surface area contributed by atoms with E-state index in [1.54, 1.807) is 18.4 Å². The first-order valence-electron chi connectivity index (χ1n) is 8.90. The summed E-state index contributed by atoms with van der Waals surface area (Å²) in [6.45, 7) is 4.34. The van der Waals surface area contributed by atoms with Gasteiger partial charge in [-0.1, -0.05) is 12.1 Å². The molecule has 1 fully saturated rings. The van der Waals surface area contributed by atoms with E-state index in [0.29, 0.717) is 12.3 Å². The predicted octanol–water partition coefficient (Wildman–Crippen LogP) is 2.13. The maximum absolute atomic E-state index is 10.8. The van der Waals surface area contributed by atoms with E-state index in [-0.39, 0.29) is 30.6 Å². The molecule has 3 rings (SSSR count). The van der Waals surface area contributed by atoms with Gasteiger partial charge < -0.3 is 25.6 Å². The summed E-state index contributed by atoms with van der Waals surface area (Å²) >= 11 is 1.78. The van der Waals surface area contributed by atoms with Crippen LogP contribution in [0.2, 0.25) is 0 Å². The predicted molar refractivity (Wildman–Crippen MR) is 125 cm³/mol. The summed E-state index contributed by atoms with van der Waals surface area (Å²) in [5.41, 5.74) is 6.17. The number of thiophene rings is 1. The molecule has 1 aromatic carbocycles. The fourth-order valence-electron chi connectivity index (χ4n) is 3.00. The summed E-state index contributed by atoms with van der Waals surface area (Å²) in [6.07, 6.45) is 0. The number of aliphatic imine (C=N–C) groups is 1. The van der Waals surface area contributed by atoms with Crippen molar-refractivity contribution in [1.82, 2.24) is 10.2 Å². The summed E-state index contributed by atoms with van der Waals surface area (Å²) in [5, 5.41) is 6.85. The lowest BCUT2D eigenvalue weighted by Gasteiger charge is -2.37. The van der Waals surface area contributed by atoms with Gasteiger partial charge in [0.2, 0.25) is 0 Å². The molecule has 1 aliphatic heterocycles. The molecule has 1 aliphatic rings. The maximum atomic E-state index is 10.8. The van der Waals surface area contributed by atoms with Gasteiger partial charge in [0, 0.05) is 39.8 Å². The van der Waals surface area contributed by atoms with Crippen LogP contribution in [0.1, 0.15) is 5.56 Å². The molecule has 1 aromatic heterocycles. The highest BCUT2D eigenvalue weighted by Crippen LogP contribution is 2.22. The van der Waals surface area contributed by atoms with Crippen molar-refractivity contribution in [3.05, 3.63) is 47.3 Å². The minimum atomic E-state index is -0.486. The molecule has 0 aliphatic carbocycles. The Balaban J connectivity index is 0.00000280. The molecule has 0 bridgehead atoms. The van der Waals surface area contributed by atoms with E-state index < -0.39 is 5.91 Å². The van der Waals surface area contributed by atoms with Crippen molar-refractivity contribution in [2.75, 3.05) is 44.7 Å². The number of benzene rings is 1. The van der Waals surface area contributed by atoms with Gasteiger partial charge in [-0.25, -0.2) is 0 Å². The van der Waals surface area contributed by atoms with Crippen LogP contribution >= 0.6 is 35.3 Å². The Hall–Kier alpha value is -2.01. The summed E-state index contributed by atoms with van der Waals surface area (Å²) < 4.78 is 5.36. The molecule has 9 heteroatoms. The minimum absolute atomic E-state index is 0. The van der Waals surface area contributed by atoms with E-state index in [0.717, 1.165) is 37.7 Å². The molecule has 0 unspecified atom stereocenters. The normalized spacial score (nSPS) is 14.4. The van der Waals surface area contributed by atoms with Crippen molar-refractivity contribution in [1.29, 1.82) is 0 Å². The van der Waals surface area contributed by atoms with E-state index in [4.69, 9.17) is 10.5 Å². The lowest BCUT2D eigenvalue weighted by atomic mass is 10.2. The van der Waals surface area contributed by atoms with Crippen LogP contribution < -0.4 is 20.7 Å². The largest absolute Gasteiger partial charge is 0.484 e. The van der Waals surface area contributed by atoms with Gasteiger partial charge in [-0.3, -0.25) is 9.79 Å². The van der Waals surface area contributed by atoms with E-state index in [1.165, 1.54) is 5.00 Å². The van der Waals surface area contributed by atoms with Gasteiger partial charge in [-0.2, -0.15) is 0 Å². The quantitative estimate of drug-likeness (QED) is 0.350. The number of piperazine rings is 1. The zero-order valence-corrected chi connectivity index (χ0v) is 19.0. The van der Waals surface area contributed by atoms with Crippen molar-refractivity contribution >= 4 is 52.2 Å². The molecular formula is C19H26IN5O2S. The second-order valence-electron chi connectivity index (χ2n) is 6.23. The van der Waals surface area contributed by atoms with E-state index in [9.17, 15) is 4.79 Å². The third-order valence-corrected chi connectivity index (χ3v) is 5.27. The Bertz CT molecular complexity index is 776. The molecule has 1 amide bonds. The van der Waals surface area contributed by atoms with Crippen molar-refractivity contribution in [2.45, 2.75) is 6.54 Å². The van der Waals surface area contributed by atoms with Crippen LogP contribution in [0.15, 0.2) is 46.8 Å². The molecule has 0 atom stereocenters. The number of primary amides is 1. The zero-order chi connectivity index (χ0) is 19.1. The standard InChI is InChI=1S/C19H25N5O2S.HI/c1-21-19(24-9-7-23(8-10-24)18-6-3-11-27-18)22-13-15-4-2-5-16(12-15)26-14-17(20)25;/h2-6,11-12H,7-10,13-14H2,1H3,(H2,20,25)(H,21,22);1H. The molecular weight excluding hydrogens is 489 g/mol. The second-order valence-corrected chi connectivity index (χ2v) is 7.15. The van der Waals surface area contributed by atoms with Gasteiger partial charge in [0.1, 0.15) is 5.75 Å². The van der Waals surface area contributed by atoms with Gasteiger partial charge in [0.25, 0.3) is 5.91 Å². The van der Waals surface area contributed by atoms with E-state index in [1.807, 2.05) is 24.3 Å². The number of amides is 1. The molecule has 0 saturated carbocycles. The smallest absolute Gasteiger partial charge is 0.255 e. The van der Waals surface area contributed by atoms with Crippen LogP contribution in [0.4, 0.5) is 5.00 Å². The maximum Gasteiger partial charge on any atom is 0.255 e. The number of rotatable bonds is 6. The highest BCUT2D eigenvalue weighted by atomic mass is 127. The van der Waals surface area contributed by atoms with Crippen LogP contribution in [0.3, 0.4) is 0 Å². The zero-order valence-electron chi connectivity index (χ0n) is 15.8. The number of halogens is 1. The molecule has 0 radical (unpaired) electrons. The molecule has 2 aromatic rings. The number of guanidine groups is 1. The average Bonchev–Trinajstić information content (AvgIpc) is 3.22. The fraction of sp³-hybridized carbons (Fsp3) is 0.368. The molecule has 3 N–H and O–H groups in total. The summed E-state index contributed by atoms with van der Waals surface area (Å²) in [4.78, 5) is 20.0. The van der Waals surface area contributed by atoms with Gasteiger partial charge >= 0.3 is 0 Å². The number of hydrogen-bond acceptors (Lipinski definition) is 5. The van der Waals surface area contributed by atoms with Gasteiger partial charge in [-0.05, 0) is 35.2 Å². The van der Waals surface area contributed by atoms with Crippen LogP contribution in [-0.2, 0) is 11.3 Å². The first-order valence-corrected chi connectivity index (χ1v) is 9.78. The number of nitrogens with zero attached hydrogens (tertiary/aromatic N) is 3. The van der Waals surface area contributed by atoms with Crippen molar-refractivity contribution < 1.29 is 9.53 Å². The van der Waals surface area contributed by atoms with Crippen molar-refractivity contribution in [2.24, 2.45) is 10.7 Å². The monoisotopic (exact) mass is 515 g/mol. The van der Waals surface area contributed by atoms with E-state index in [2.05, 4.69) is 37.6 Å². The number of nitrogens with two attached hydrogens (primary N) is 1.